The Morgan fingerprint density at radius 2 is 2.08 bits per heavy atom. The molecule has 1 aromatic rings. The van der Waals surface area contributed by atoms with Crippen LogP contribution in [-0.4, -0.2) is 50.1 Å². The van der Waals surface area contributed by atoms with E-state index in [2.05, 4.69) is 12.2 Å². The number of rotatable bonds is 5. The van der Waals surface area contributed by atoms with Crippen LogP contribution in [0.15, 0.2) is 36.4 Å². The SMILES string of the molecule is Cc1cccc(OCC(=O)N2CC[NH+](C[C@H]3C[C@@H]4C=C[C@H]3C4)CC2)c1. The Kier molecular flexibility index (Phi) is 4.80. The van der Waals surface area contributed by atoms with E-state index in [9.17, 15) is 4.79 Å². The number of amides is 1. The molecule has 1 saturated carbocycles. The fourth-order valence-electron chi connectivity index (χ4n) is 4.72. The molecule has 0 spiro atoms. The number of hydrogen-bond donors (Lipinski definition) is 1. The zero-order valence-corrected chi connectivity index (χ0v) is 15.1. The number of ether oxygens (including phenoxy) is 1. The first-order valence-electron chi connectivity index (χ1n) is 9.66. The molecule has 134 valence electrons. The first-order valence-corrected chi connectivity index (χ1v) is 9.66. The van der Waals surface area contributed by atoms with Crippen molar-refractivity contribution in [3.8, 4) is 5.75 Å². The molecule has 2 aliphatic carbocycles. The van der Waals surface area contributed by atoms with Crippen LogP contribution in [0.5, 0.6) is 5.75 Å². The Morgan fingerprint density at radius 1 is 1.24 bits per heavy atom. The van der Waals surface area contributed by atoms with E-state index in [0.29, 0.717) is 0 Å². The first kappa shape index (κ1) is 16.6. The van der Waals surface area contributed by atoms with E-state index < -0.39 is 0 Å². The van der Waals surface area contributed by atoms with E-state index in [-0.39, 0.29) is 12.5 Å². The highest BCUT2D eigenvalue weighted by molar-refractivity contribution is 5.77. The van der Waals surface area contributed by atoms with Gasteiger partial charge in [-0.1, -0.05) is 24.3 Å². The molecule has 4 nitrogen and oxygen atoms in total. The van der Waals surface area contributed by atoms with E-state index in [1.165, 1.54) is 19.4 Å². The predicted molar refractivity (Wildman–Crippen MR) is 97.7 cm³/mol. The lowest BCUT2D eigenvalue weighted by Gasteiger charge is -2.34. The zero-order chi connectivity index (χ0) is 17.2. The standard InChI is InChI=1S/C21H28N2O2/c1-16-3-2-4-20(11-16)25-15-21(24)23-9-7-22(8-10-23)14-19-13-17-5-6-18(19)12-17/h2-6,11,17-19H,7-10,12-15H2,1H3/p+1/t17-,18+,19-/m1/s1. The molecule has 1 aliphatic heterocycles. The summed E-state index contributed by atoms with van der Waals surface area (Å²) in [5.74, 6) is 3.46. The largest absolute Gasteiger partial charge is 0.484 e. The van der Waals surface area contributed by atoms with Gasteiger partial charge in [-0.2, -0.15) is 0 Å². The molecule has 1 N–H and O–H groups in total. The van der Waals surface area contributed by atoms with Crippen molar-refractivity contribution in [2.45, 2.75) is 19.8 Å². The molecule has 0 unspecified atom stereocenters. The van der Waals surface area contributed by atoms with Gasteiger partial charge in [0.1, 0.15) is 5.75 Å². The van der Waals surface area contributed by atoms with E-state index in [1.807, 2.05) is 36.1 Å². The van der Waals surface area contributed by atoms with Crippen molar-refractivity contribution in [1.82, 2.24) is 4.90 Å². The fraction of sp³-hybridized carbons (Fsp3) is 0.571. The molecule has 2 fully saturated rings. The van der Waals surface area contributed by atoms with Gasteiger partial charge in [-0.05, 0) is 49.3 Å². The minimum Gasteiger partial charge on any atom is -0.484 e. The lowest BCUT2D eigenvalue weighted by molar-refractivity contribution is -0.907. The summed E-state index contributed by atoms with van der Waals surface area (Å²) in [4.78, 5) is 16.0. The minimum atomic E-state index is 0.114. The Morgan fingerprint density at radius 3 is 2.76 bits per heavy atom. The Bertz CT molecular complexity index is 649. The molecule has 3 aliphatic rings. The van der Waals surface area contributed by atoms with E-state index in [1.54, 1.807) is 4.90 Å². The van der Waals surface area contributed by atoms with Crippen LogP contribution in [0.4, 0.5) is 0 Å². The van der Waals surface area contributed by atoms with Crippen molar-refractivity contribution < 1.29 is 14.4 Å². The molecule has 1 aromatic carbocycles. The molecule has 3 atom stereocenters. The van der Waals surface area contributed by atoms with E-state index >= 15 is 0 Å². The number of nitrogens with zero attached hydrogens (tertiary/aromatic N) is 1. The van der Waals surface area contributed by atoms with Gasteiger partial charge >= 0.3 is 0 Å². The second-order valence-corrected chi connectivity index (χ2v) is 7.98. The summed E-state index contributed by atoms with van der Waals surface area (Å²) < 4.78 is 5.66. The number of quaternary nitrogens is 1. The number of piperazine rings is 1. The minimum absolute atomic E-state index is 0.114. The molecule has 1 heterocycles. The molecular formula is C21H29N2O2+. The highest BCUT2D eigenvalue weighted by Crippen LogP contribution is 2.42. The molecule has 4 rings (SSSR count). The van der Waals surface area contributed by atoms with Crippen molar-refractivity contribution in [3.63, 3.8) is 0 Å². The van der Waals surface area contributed by atoms with Crippen molar-refractivity contribution in [3.05, 3.63) is 42.0 Å². The van der Waals surface area contributed by atoms with Gasteiger partial charge in [0.05, 0.1) is 32.7 Å². The number of nitrogens with one attached hydrogen (secondary N) is 1. The summed E-state index contributed by atoms with van der Waals surface area (Å²) in [6.07, 6.45) is 7.64. The second-order valence-electron chi connectivity index (χ2n) is 7.98. The third-order valence-corrected chi connectivity index (χ3v) is 6.14. The van der Waals surface area contributed by atoms with Crippen LogP contribution in [0.25, 0.3) is 0 Å². The van der Waals surface area contributed by atoms with E-state index in [4.69, 9.17) is 4.74 Å². The quantitative estimate of drug-likeness (QED) is 0.820. The van der Waals surface area contributed by atoms with Crippen molar-refractivity contribution in [2.75, 3.05) is 39.3 Å². The zero-order valence-electron chi connectivity index (χ0n) is 15.1. The maximum Gasteiger partial charge on any atom is 0.260 e. The fourth-order valence-corrected chi connectivity index (χ4v) is 4.72. The molecular weight excluding hydrogens is 312 g/mol. The van der Waals surface area contributed by atoms with Crippen LogP contribution >= 0.6 is 0 Å². The monoisotopic (exact) mass is 341 g/mol. The predicted octanol–water partition coefficient (Wildman–Crippen LogP) is 1.31. The summed E-state index contributed by atoms with van der Waals surface area (Å²) in [6.45, 7) is 7.34. The van der Waals surface area contributed by atoms with Gasteiger partial charge in [0, 0.05) is 5.92 Å². The normalized spacial score (nSPS) is 28.5. The molecule has 4 heteroatoms. The van der Waals surface area contributed by atoms with Crippen LogP contribution < -0.4 is 9.64 Å². The first-order chi connectivity index (χ1) is 12.2. The molecule has 1 saturated heterocycles. The Balaban J connectivity index is 1.20. The van der Waals surface area contributed by atoms with Crippen LogP contribution in [0.2, 0.25) is 0 Å². The van der Waals surface area contributed by atoms with Gasteiger partial charge in [0.2, 0.25) is 0 Å². The molecule has 0 aromatic heterocycles. The second kappa shape index (κ2) is 7.20. The van der Waals surface area contributed by atoms with Crippen LogP contribution in [0.1, 0.15) is 18.4 Å². The Hall–Kier alpha value is -1.81. The summed E-state index contributed by atoms with van der Waals surface area (Å²) in [6, 6.07) is 7.87. The molecule has 0 radical (unpaired) electrons. The van der Waals surface area contributed by atoms with Gasteiger partial charge in [-0.15, -0.1) is 0 Å². The highest BCUT2D eigenvalue weighted by atomic mass is 16.5. The van der Waals surface area contributed by atoms with Gasteiger partial charge in [0.15, 0.2) is 6.61 Å². The third kappa shape index (κ3) is 3.90. The van der Waals surface area contributed by atoms with Crippen LogP contribution in [0.3, 0.4) is 0 Å². The van der Waals surface area contributed by atoms with Gasteiger partial charge < -0.3 is 14.5 Å². The van der Waals surface area contributed by atoms with Gasteiger partial charge in [-0.25, -0.2) is 0 Å². The molecule has 25 heavy (non-hydrogen) atoms. The summed E-state index contributed by atoms with van der Waals surface area (Å²) in [5, 5.41) is 0. The van der Waals surface area contributed by atoms with E-state index in [0.717, 1.165) is 55.2 Å². The smallest absolute Gasteiger partial charge is 0.260 e. The van der Waals surface area contributed by atoms with Crippen molar-refractivity contribution in [2.24, 2.45) is 17.8 Å². The average molecular weight is 341 g/mol. The van der Waals surface area contributed by atoms with Crippen LogP contribution in [0, 0.1) is 24.7 Å². The van der Waals surface area contributed by atoms with Gasteiger partial charge in [-0.3, -0.25) is 4.79 Å². The topological polar surface area (TPSA) is 34.0 Å². The van der Waals surface area contributed by atoms with Crippen molar-refractivity contribution >= 4 is 5.91 Å². The van der Waals surface area contributed by atoms with Gasteiger partial charge in [0.25, 0.3) is 5.91 Å². The number of hydrogen-bond acceptors (Lipinski definition) is 2. The summed E-state index contributed by atoms with van der Waals surface area (Å²) in [7, 11) is 0. The maximum absolute atomic E-state index is 12.4. The van der Waals surface area contributed by atoms with Crippen LogP contribution in [-0.2, 0) is 4.79 Å². The number of aryl methyl sites for hydroxylation is 1. The molecule has 1 amide bonds. The average Bonchev–Trinajstić information content (AvgIpc) is 3.23. The highest BCUT2D eigenvalue weighted by Gasteiger charge is 2.38. The lowest BCUT2D eigenvalue weighted by Crippen LogP contribution is -3.15. The lowest BCUT2D eigenvalue weighted by atomic mass is 9.93. The number of carbonyl (C=O) groups is 1. The number of allylic oxidation sites excluding steroid dienone is 2. The number of carbonyl (C=O) groups excluding carboxylic acids is 1. The maximum atomic E-state index is 12.4. The number of fused-ring (bicyclic) bond motifs is 2. The molecule has 2 bridgehead atoms. The Labute approximate surface area is 150 Å². The number of benzene rings is 1. The third-order valence-electron chi connectivity index (χ3n) is 6.14. The summed E-state index contributed by atoms with van der Waals surface area (Å²) in [5.41, 5.74) is 1.15. The van der Waals surface area contributed by atoms with Crippen molar-refractivity contribution in [1.29, 1.82) is 0 Å². The summed E-state index contributed by atoms with van der Waals surface area (Å²) >= 11 is 0.